The van der Waals surface area contributed by atoms with Crippen LogP contribution >= 0.6 is 11.8 Å². The van der Waals surface area contributed by atoms with E-state index in [1.165, 1.54) is 6.42 Å². The zero-order chi connectivity index (χ0) is 24.9. The lowest BCUT2D eigenvalue weighted by atomic mass is 9.77. The summed E-state index contributed by atoms with van der Waals surface area (Å²) in [5.74, 6) is 2.41. The number of hydrogen-bond acceptors (Lipinski definition) is 9. The van der Waals surface area contributed by atoms with Crippen molar-refractivity contribution in [1.29, 1.82) is 0 Å². The second kappa shape index (κ2) is 9.32. The monoisotopic (exact) mass is 508 g/mol. The van der Waals surface area contributed by atoms with Gasteiger partial charge in [0.2, 0.25) is 0 Å². The third-order valence-corrected chi connectivity index (χ3v) is 8.81. The molecule has 2 aromatic heterocycles. The molecule has 5 heterocycles. The zero-order valence-electron chi connectivity index (χ0n) is 20.8. The molecule has 190 valence electrons. The molecule has 1 atom stereocenters. The summed E-state index contributed by atoms with van der Waals surface area (Å²) in [7, 11) is 0. The molecule has 0 amide bonds. The number of benzene rings is 1. The van der Waals surface area contributed by atoms with Gasteiger partial charge < -0.3 is 19.6 Å². The molecule has 1 spiro atoms. The maximum Gasteiger partial charge on any atom is 0.338 e. The highest BCUT2D eigenvalue weighted by Gasteiger charge is 2.41. The lowest BCUT2D eigenvalue weighted by Crippen LogP contribution is -2.43. The smallest absolute Gasteiger partial charge is 0.338 e. The number of ether oxygens (including phenoxy) is 1. The number of aromatic nitrogens is 4. The Labute approximate surface area is 214 Å². The fraction of sp³-hybridized carbons (Fsp3) is 0.538. The molecule has 0 unspecified atom stereocenters. The number of anilines is 1. The van der Waals surface area contributed by atoms with Gasteiger partial charge in [0.15, 0.2) is 11.5 Å². The Morgan fingerprint density at radius 3 is 2.75 bits per heavy atom. The van der Waals surface area contributed by atoms with Crippen molar-refractivity contribution in [3.05, 3.63) is 52.3 Å². The van der Waals surface area contributed by atoms with Gasteiger partial charge in [0.05, 0.1) is 17.4 Å². The van der Waals surface area contributed by atoms with Crippen LogP contribution in [0, 0.1) is 12.3 Å². The molecule has 0 aliphatic carbocycles. The molecule has 0 saturated carbocycles. The largest absolute Gasteiger partial charge is 0.457 e. The molecule has 9 nitrogen and oxygen atoms in total. The van der Waals surface area contributed by atoms with Gasteiger partial charge in [-0.3, -0.25) is 0 Å². The average molecular weight is 509 g/mol. The molecule has 2 fully saturated rings. The number of aliphatic hydroxyl groups excluding tert-OH is 1. The van der Waals surface area contributed by atoms with E-state index in [0.29, 0.717) is 24.1 Å². The van der Waals surface area contributed by atoms with Crippen molar-refractivity contribution >= 4 is 29.2 Å². The van der Waals surface area contributed by atoms with Crippen LogP contribution in [0.25, 0.3) is 5.65 Å². The van der Waals surface area contributed by atoms with Gasteiger partial charge >= 0.3 is 5.97 Å². The highest BCUT2D eigenvalue weighted by atomic mass is 32.2. The van der Waals surface area contributed by atoms with E-state index in [2.05, 4.69) is 32.3 Å². The minimum atomic E-state index is -0.574. The van der Waals surface area contributed by atoms with Crippen LogP contribution in [0.15, 0.2) is 24.3 Å². The van der Waals surface area contributed by atoms with Gasteiger partial charge in [0, 0.05) is 25.2 Å². The molecule has 0 bridgehead atoms. The molecular weight excluding hydrogens is 476 g/mol. The molecule has 3 aliphatic rings. The van der Waals surface area contributed by atoms with Crippen LogP contribution in [-0.2, 0) is 17.1 Å². The number of thioether (sulfide) groups is 1. The van der Waals surface area contributed by atoms with Crippen LogP contribution in [-0.4, -0.2) is 74.8 Å². The number of fused-ring (bicyclic) bond motifs is 2. The van der Waals surface area contributed by atoms with Crippen LogP contribution in [0.4, 0.5) is 5.82 Å². The van der Waals surface area contributed by atoms with Crippen molar-refractivity contribution in [2.75, 3.05) is 43.9 Å². The topological polar surface area (TPSA) is 96.1 Å². The molecule has 3 aromatic rings. The van der Waals surface area contributed by atoms with Crippen LogP contribution in [0.3, 0.4) is 0 Å². The number of piperidine rings is 1. The number of β-amino-alcohol motifs (C(OH)–C–C–N with tert-alkyl or cyclic N) is 1. The van der Waals surface area contributed by atoms with Crippen molar-refractivity contribution in [1.82, 2.24) is 24.7 Å². The van der Waals surface area contributed by atoms with Gasteiger partial charge in [-0.1, -0.05) is 6.07 Å². The standard InChI is InChI=1S/C26H32N6O3S/c1-17-18(3-4-19-20(17)14-35-25(19)34)21(33)13-30-10-7-26(8-11-30)9-12-31(16-26)23-6-5-22-27-28-24(15-36-2)32(22)29-23/h3-6,21,33H,7-16H2,1-2H3/t21-/m0/s1. The lowest BCUT2D eigenvalue weighted by molar-refractivity contribution is 0.0534. The molecular formula is C26H32N6O3S. The third-order valence-electron chi connectivity index (χ3n) is 8.26. The fourth-order valence-electron chi connectivity index (χ4n) is 6.03. The Hall–Kier alpha value is -2.69. The van der Waals surface area contributed by atoms with Crippen LogP contribution < -0.4 is 4.90 Å². The predicted molar refractivity (Wildman–Crippen MR) is 138 cm³/mol. The first-order valence-corrected chi connectivity index (χ1v) is 14.0. The van der Waals surface area contributed by atoms with E-state index in [4.69, 9.17) is 9.84 Å². The Balaban J connectivity index is 1.08. The molecule has 10 heteroatoms. The SMILES string of the molecule is CSCc1nnc2ccc(N3CCC4(CCN(C[C@H](O)c5ccc6c(c5C)COC6=O)CC4)C3)nn12. The van der Waals surface area contributed by atoms with Crippen LogP contribution in [0.2, 0.25) is 0 Å². The minimum absolute atomic E-state index is 0.265. The van der Waals surface area contributed by atoms with Crippen LogP contribution in [0.5, 0.6) is 0 Å². The Morgan fingerprint density at radius 1 is 1.14 bits per heavy atom. The van der Waals surface area contributed by atoms with E-state index in [9.17, 15) is 9.90 Å². The normalized spacial score (nSPS) is 20.3. The summed E-state index contributed by atoms with van der Waals surface area (Å²) < 4.78 is 7.05. The summed E-state index contributed by atoms with van der Waals surface area (Å²) in [6, 6.07) is 7.76. The van der Waals surface area contributed by atoms with E-state index in [1.54, 1.807) is 17.8 Å². The lowest BCUT2D eigenvalue weighted by Gasteiger charge is -2.40. The third kappa shape index (κ3) is 4.14. The number of cyclic esters (lactones) is 1. The summed E-state index contributed by atoms with van der Waals surface area (Å²) in [5.41, 5.74) is 4.52. The van der Waals surface area contributed by atoms with Crippen molar-refractivity contribution < 1.29 is 14.6 Å². The van der Waals surface area contributed by atoms with E-state index in [-0.39, 0.29) is 5.97 Å². The number of carbonyl (C=O) groups excluding carboxylic acids is 1. The van der Waals surface area contributed by atoms with Crippen molar-refractivity contribution in [3.63, 3.8) is 0 Å². The Morgan fingerprint density at radius 2 is 1.94 bits per heavy atom. The predicted octanol–water partition coefficient (Wildman–Crippen LogP) is 2.99. The van der Waals surface area contributed by atoms with Crippen molar-refractivity contribution in [3.8, 4) is 0 Å². The second-order valence-corrected chi connectivity index (χ2v) is 11.2. The van der Waals surface area contributed by atoms with Gasteiger partial charge in [0.25, 0.3) is 0 Å². The number of hydrogen-bond donors (Lipinski definition) is 1. The molecule has 1 aromatic carbocycles. The highest BCUT2D eigenvalue weighted by Crippen LogP contribution is 2.42. The summed E-state index contributed by atoms with van der Waals surface area (Å²) in [6.07, 6.45) is 4.89. The summed E-state index contributed by atoms with van der Waals surface area (Å²) >= 11 is 1.72. The van der Waals surface area contributed by atoms with Crippen molar-refractivity contribution in [2.45, 2.75) is 44.6 Å². The van der Waals surface area contributed by atoms with E-state index in [0.717, 1.165) is 78.8 Å². The molecule has 2 saturated heterocycles. The van der Waals surface area contributed by atoms with Gasteiger partial charge in [-0.05, 0) is 80.3 Å². The Kier molecular flexibility index (Phi) is 6.13. The number of carbonyl (C=O) groups is 1. The maximum atomic E-state index is 11.8. The van der Waals surface area contributed by atoms with Gasteiger partial charge in [-0.15, -0.1) is 15.3 Å². The first-order chi connectivity index (χ1) is 17.5. The summed E-state index contributed by atoms with van der Waals surface area (Å²) in [5, 5.41) is 24.4. The molecule has 3 aliphatic heterocycles. The number of esters is 1. The number of rotatable bonds is 6. The van der Waals surface area contributed by atoms with Gasteiger partial charge in [-0.2, -0.15) is 16.3 Å². The van der Waals surface area contributed by atoms with Gasteiger partial charge in [0.1, 0.15) is 12.4 Å². The fourth-order valence-corrected chi connectivity index (χ4v) is 6.47. The van der Waals surface area contributed by atoms with Crippen LogP contribution in [0.1, 0.15) is 58.2 Å². The molecule has 36 heavy (non-hydrogen) atoms. The minimum Gasteiger partial charge on any atom is -0.457 e. The zero-order valence-corrected chi connectivity index (χ0v) is 21.6. The first-order valence-electron chi connectivity index (χ1n) is 12.6. The number of likely N-dealkylation sites (tertiary alicyclic amines) is 1. The van der Waals surface area contributed by atoms with Gasteiger partial charge in [-0.25, -0.2) is 4.79 Å². The van der Waals surface area contributed by atoms with E-state index >= 15 is 0 Å². The van der Waals surface area contributed by atoms with E-state index in [1.807, 2.05) is 23.6 Å². The van der Waals surface area contributed by atoms with Crippen molar-refractivity contribution in [2.24, 2.45) is 5.41 Å². The molecule has 6 rings (SSSR count). The first kappa shape index (κ1) is 23.7. The number of nitrogens with zero attached hydrogens (tertiary/aromatic N) is 6. The maximum absolute atomic E-state index is 11.8. The second-order valence-electron chi connectivity index (χ2n) is 10.4. The Bertz CT molecular complexity index is 1300. The summed E-state index contributed by atoms with van der Waals surface area (Å²) in [6.45, 7) is 6.88. The van der Waals surface area contributed by atoms with E-state index < -0.39 is 6.10 Å². The average Bonchev–Trinajstić information content (AvgIpc) is 3.59. The molecule has 1 N–H and O–H groups in total. The summed E-state index contributed by atoms with van der Waals surface area (Å²) in [4.78, 5) is 16.6. The highest BCUT2D eigenvalue weighted by molar-refractivity contribution is 7.97. The number of aliphatic hydroxyl groups is 1. The molecule has 0 radical (unpaired) electrons. The quantitative estimate of drug-likeness (QED) is 0.504.